The van der Waals surface area contributed by atoms with Gasteiger partial charge in [0.25, 0.3) is 5.91 Å². The van der Waals surface area contributed by atoms with Crippen molar-refractivity contribution in [3.05, 3.63) is 57.9 Å². The average Bonchev–Trinajstić information content (AvgIpc) is 3.10. The molecule has 0 spiro atoms. The SMILES string of the molecule is CCCCC(NC(=O)c1[nH]c2c(c1C)C(=O)CC(C)(C)C2)C(=O)NCc1ccc(C(=O)O)cc1. The summed E-state index contributed by atoms with van der Waals surface area (Å²) in [6.07, 6.45) is 3.24. The Morgan fingerprint density at radius 3 is 2.44 bits per heavy atom. The molecule has 0 saturated carbocycles. The Hall–Kier alpha value is -3.42. The fourth-order valence-electron chi connectivity index (χ4n) is 4.44. The lowest BCUT2D eigenvalue weighted by atomic mass is 9.75. The van der Waals surface area contributed by atoms with Crippen molar-refractivity contribution in [2.45, 2.75) is 72.4 Å². The highest BCUT2D eigenvalue weighted by atomic mass is 16.4. The van der Waals surface area contributed by atoms with E-state index in [1.165, 1.54) is 12.1 Å². The number of H-pyrrole nitrogens is 1. The molecule has 1 atom stereocenters. The number of nitrogens with one attached hydrogen (secondary N) is 3. The Balaban J connectivity index is 1.71. The monoisotopic (exact) mass is 467 g/mol. The first-order valence-electron chi connectivity index (χ1n) is 11.7. The first-order valence-corrected chi connectivity index (χ1v) is 11.7. The van der Waals surface area contributed by atoms with Crippen LogP contribution in [-0.4, -0.2) is 39.7 Å². The number of ketones is 1. The van der Waals surface area contributed by atoms with Gasteiger partial charge in [0.15, 0.2) is 5.78 Å². The van der Waals surface area contributed by atoms with Gasteiger partial charge in [-0.3, -0.25) is 14.4 Å². The number of unbranched alkanes of at least 4 members (excludes halogenated alkanes) is 1. The molecule has 1 aromatic carbocycles. The summed E-state index contributed by atoms with van der Waals surface area (Å²) in [5, 5.41) is 14.7. The molecule has 0 bridgehead atoms. The van der Waals surface area contributed by atoms with Crippen molar-refractivity contribution >= 4 is 23.6 Å². The fraction of sp³-hybridized carbons (Fsp3) is 0.462. The Morgan fingerprint density at radius 1 is 1.15 bits per heavy atom. The predicted octanol–water partition coefficient (Wildman–Crippen LogP) is 3.78. The third kappa shape index (κ3) is 5.73. The number of carbonyl (C=O) groups is 4. The maximum atomic E-state index is 13.1. The molecule has 1 aliphatic rings. The molecule has 0 saturated heterocycles. The maximum absolute atomic E-state index is 13.1. The van der Waals surface area contributed by atoms with Gasteiger partial charge in [-0.2, -0.15) is 0 Å². The Morgan fingerprint density at radius 2 is 1.82 bits per heavy atom. The molecule has 0 aliphatic heterocycles. The minimum absolute atomic E-state index is 0.0354. The molecular weight excluding hydrogens is 434 g/mol. The van der Waals surface area contributed by atoms with Crippen molar-refractivity contribution in [1.29, 1.82) is 0 Å². The molecule has 182 valence electrons. The van der Waals surface area contributed by atoms with Crippen LogP contribution in [0.3, 0.4) is 0 Å². The number of rotatable bonds is 9. The number of hydrogen-bond donors (Lipinski definition) is 4. The van der Waals surface area contributed by atoms with Crippen molar-refractivity contribution in [2.24, 2.45) is 5.41 Å². The molecule has 1 aliphatic carbocycles. The van der Waals surface area contributed by atoms with Crippen LogP contribution in [0.1, 0.15) is 94.5 Å². The van der Waals surface area contributed by atoms with E-state index in [0.29, 0.717) is 36.1 Å². The van der Waals surface area contributed by atoms with Gasteiger partial charge in [0.2, 0.25) is 5.91 Å². The second kappa shape index (κ2) is 10.2. The third-order valence-corrected chi connectivity index (χ3v) is 6.26. The minimum Gasteiger partial charge on any atom is -0.478 e. The van der Waals surface area contributed by atoms with E-state index >= 15 is 0 Å². The first kappa shape index (κ1) is 25.2. The van der Waals surface area contributed by atoms with Crippen molar-refractivity contribution in [1.82, 2.24) is 15.6 Å². The highest BCUT2D eigenvalue weighted by molar-refractivity contribution is 6.05. The van der Waals surface area contributed by atoms with Crippen molar-refractivity contribution < 1.29 is 24.3 Å². The van der Waals surface area contributed by atoms with Crippen molar-refractivity contribution in [2.75, 3.05) is 0 Å². The lowest BCUT2D eigenvalue weighted by Crippen LogP contribution is -2.46. The Labute approximate surface area is 199 Å². The number of benzene rings is 1. The zero-order valence-electron chi connectivity index (χ0n) is 20.2. The summed E-state index contributed by atoms with van der Waals surface area (Å²) in [6.45, 7) is 8.06. The number of carbonyl (C=O) groups excluding carboxylic acids is 3. The topological polar surface area (TPSA) is 128 Å². The van der Waals surface area contributed by atoms with E-state index in [0.717, 1.165) is 24.1 Å². The van der Waals surface area contributed by atoms with Gasteiger partial charge in [0.1, 0.15) is 11.7 Å². The molecule has 2 aromatic rings. The summed E-state index contributed by atoms with van der Waals surface area (Å²) in [6, 6.07) is 5.54. The van der Waals surface area contributed by atoms with Gasteiger partial charge < -0.3 is 20.7 Å². The highest BCUT2D eigenvalue weighted by Gasteiger charge is 2.35. The van der Waals surface area contributed by atoms with Gasteiger partial charge in [-0.1, -0.05) is 45.7 Å². The van der Waals surface area contributed by atoms with Crippen LogP contribution in [0.2, 0.25) is 0 Å². The quantitative estimate of drug-likeness (QED) is 0.446. The number of carboxylic acids is 1. The predicted molar refractivity (Wildman–Crippen MR) is 128 cm³/mol. The van der Waals surface area contributed by atoms with Gasteiger partial charge in [-0.05, 0) is 48.4 Å². The number of fused-ring (bicyclic) bond motifs is 1. The van der Waals surface area contributed by atoms with E-state index in [1.54, 1.807) is 19.1 Å². The first-order chi connectivity index (χ1) is 16.0. The lowest BCUT2D eigenvalue weighted by molar-refractivity contribution is -0.123. The molecule has 1 aromatic heterocycles. The van der Waals surface area contributed by atoms with E-state index in [9.17, 15) is 19.2 Å². The number of hydrogen-bond acceptors (Lipinski definition) is 4. The molecule has 4 N–H and O–H groups in total. The molecule has 1 unspecified atom stereocenters. The third-order valence-electron chi connectivity index (χ3n) is 6.26. The Kier molecular flexibility index (Phi) is 7.59. The van der Waals surface area contributed by atoms with Gasteiger partial charge in [-0.15, -0.1) is 0 Å². The van der Waals surface area contributed by atoms with E-state index in [1.807, 2.05) is 20.8 Å². The highest BCUT2D eigenvalue weighted by Crippen LogP contribution is 2.36. The van der Waals surface area contributed by atoms with Crippen molar-refractivity contribution in [3.8, 4) is 0 Å². The average molecular weight is 468 g/mol. The van der Waals surface area contributed by atoms with Gasteiger partial charge >= 0.3 is 5.97 Å². The zero-order chi connectivity index (χ0) is 25.0. The van der Waals surface area contributed by atoms with Crippen LogP contribution in [0.25, 0.3) is 0 Å². The number of carboxylic acid groups (broad SMARTS) is 1. The van der Waals surface area contributed by atoms with Crippen LogP contribution in [0.4, 0.5) is 0 Å². The fourth-order valence-corrected chi connectivity index (χ4v) is 4.44. The van der Waals surface area contributed by atoms with Crippen LogP contribution in [0, 0.1) is 12.3 Å². The number of amides is 2. The maximum Gasteiger partial charge on any atom is 0.335 e. The lowest BCUT2D eigenvalue weighted by Gasteiger charge is -2.28. The van der Waals surface area contributed by atoms with Crippen LogP contribution in [0.15, 0.2) is 24.3 Å². The van der Waals surface area contributed by atoms with E-state index in [-0.39, 0.29) is 29.2 Å². The van der Waals surface area contributed by atoms with Crippen LogP contribution in [-0.2, 0) is 17.8 Å². The minimum atomic E-state index is -1.01. The second-order valence-corrected chi connectivity index (χ2v) is 9.81. The number of aromatic carboxylic acids is 1. The van der Waals surface area contributed by atoms with E-state index in [2.05, 4.69) is 15.6 Å². The molecule has 3 rings (SSSR count). The number of aromatic amines is 1. The van der Waals surface area contributed by atoms with E-state index in [4.69, 9.17) is 5.11 Å². The van der Waals surface area contributed by atoms with Gasteiger partial charge in [0, 0.05) is 24.2 Å². The van der Waals surface area contributed by atoms with Crippen molar-refractivity contribution in [3.63, 3.8) is 0 Å². The molecule has 8 heteroatoms. The van der Waals surface area contributed by atoms with E-state index < -0.39 is 17.9 Å². The molecule has 2 amide bonds. The zero-order valence-corrected chi connectivity index (χ0v) is 20.2. The molecule has 1 heterocycles. The summed E-state index contributed by atoms with van der Waals surface area (Å²) in [5.41, 5.74) is 3.10. The summed E-state index contributed by atoms with van der Waals surface area (Å²) in [7, 11) is 0. The van der Waals surface area contributed by atoms with Crippen LogP contribution in [0.5, 0.6) is 0 Å². The number of Topliss-reactive ketones (excluding diaryl/α,β-unsaturated/α-hetero) is 1. The molecule has 0 fully saturated rings. The molecular formula is C26H33N3O5. The second-order valence-electron chi connectivity index (χ2n) is 9.81. The van der Waals surface area contributed by atoms with Gasteiger partial charge in [-0.25, -0.2) is 4.79 Å². The normalized spacial score (nSPS) is 15.4. The largest absolute Gasteiger partial charge is 0.478 e. The van der Waals surface area contributed by atoms with Crippen LogP contribution < -0.4 is 10.6 Å². The summed E-state index contributed by atoms with van der Waals surface area (Å²) in [4.78, 5) is 52.8. The number of aromatic nitrogens is 1. The molecule has 8 nitrogen and oxygen atoms in total. The summed E-state index contributed by atoms with van der Waals surface area (Å²) < 4.78 is 0. The molecule has 34 heavy (non-hydrogen) atoms. The Bertz CT molecular complexity index is 1100. The summed E-state index contributed by atoms with van der Waals surface area (Å²) >= 11 is 0. The smallest absolute Gasteiger partial charge is 0.335 e. The molecule has 0 radical (unpaired) electrons. The van der Waals surface area contributed by atoms with Gasteiger partial charge in [0.05, 0.1) is 5.56 Å². The van der Waals surface area contributed by atoms with Crippen LogP contribution >= 0.6 is 0 Å². The summed E-state index contributed by atoms with van der Waals surface area (Å²) in [5.74, 6) is -1.69. The standard InChI is InChI=1S/C26H33N3O5/c1-5-6-7-18(23(31)27-14-16-8-10-17(11-9-16)25(33)34)29-24(32)22-15(2)21-19(28-22)12-26(3,4)13-20(21)30/h8-11,18,28H,5-7,12-14H2,1-4H3,(H,27,31)(H,29,32)(H,33,34).